The number of fused-ring (bicyclic) bond motifs is 1. The van der Waals surface area contributed by atoms with Crippen LogP contribution in [-0.2, 0) is 6.54 Å². The first-order valence-electron chi connectivity index (χ1n) is 8.90. The van der Waals surface area contributed by atoms with Crippen LogP contribution in [0, 0.1) is 19.8 Å². The van der Waals surface area contributed by atoms with Crippen LogP contribution < -0.4 is 10.9 Å². The molecule has 4 heteroatoms. The van der Waals surface area contributed by atoms with Crippen molar-refractivity contribution >= 4 is 5.65 Å². The molecular formula is C21H23N3O. The summed E-state index contributed by atoms with van der Waals surface area (Å²) in [6, 6.07) is 14.6. The lowest BCUT2D eigenvalue weighted by molar-refractivity contribution is 0.476. The van der Waals surface area contributed by atoms with Gasteiger partial charge in [0.25, 0.3) is 5.56 Å². The zero-order valence-electron chi connectivity index (χ0n) is 14.7. The SMILES string of the molecule is Cc1ccc([C@H](NCc2cc(=O)n3cccc(C)c3n2)C2CC2)cc1. The molecule has 4 nitrogen and oxygen atoms in total. The molecule has 0 saturated heterocycles. The summed E-state index contributed by atoms with van der Waals surface area (Å²) in [5, 5.41) is 3.63. The largest absolute Gasteiger partial charge is 0.304 e. The van der Waals surface area contributed by atoms with Crippen molar-refractivity contribution in [3.63, 3.8) is 0 Å². The van der Waals surface area contributed by atoms with E-state index in [0.717, 1.165) is 16.9 Å². The highest BCUT2D eigenvalue weighted by Gasteiger charge is 2.31. The Kier molecular flexibility index (Phi) is 4.14. The summed E-state index contributed by atoms with van der Waals surface area (Å²) in [5.41, 5.74) is 5.13. The van der Waals surface area contributed by atoms with Gasteiger partial charge in [-0.1, -0.05) is 35.9 Å². The van der Waals surface area contributed by atoms with E-state index in [2.05, 4.69) is 36.5 Å². The molecule has 1 saturated carbocycles. The van der Waals surface area contributed by atoms with E-state index in [1.807, 2.05) is 19.1 Å². The van der Waals surface area contributed by atoms with Gasteiger partial charge in [0.2, 0.25) is 0 Å². The van der Waals surface area contributed by atoms with Gasteiger partial charge in [-0.15, -0.1) is 0 Å². The molecule has 1 aromatic carbocycles. The molecule has 4 rings (SSSR count). The smallest absolute Gasteiger partial charge is 0.258 e. The van der Waals surface area contributed by atoms with Gasteiger partial charge >= 0.3 is 0 Å². The molecule has 2 heterocycles. The quantitative estimate of drug-likeness (QED) is 0.777. The molecule has 0 radical (unpaired) electrons. The van der Waals surface area contributed by atoms with Crippen molar-refractivity contribution in [2.45, 2.75) is 39.3 Å². The molecule has 3 aromatic rings. The van der Waals surface area contributed by atoms with Gasteiger partial charge in [-0.3, -0.25) is 9.20 Å². The van der Waals surface area contributed by atoms with Crippen LogP contribution in [0.1, 0.15) is 41.3 Å². The molecule has 1 N–H and O–H groups in total. The van der Waals surface area contributed by atoms with Crippen molar-refractivity contribution in [1.82, 2.24) is 14.7 Å². The molecule has 0 amide bonds. The van der Waals surface area contributed by atoms with E-state index in [1.54, 1.807) is 16.7 Å². The Morgan fingerprint density at radius 1 is 1.20 bits per heavy atom. The van der Waals surface area contributed by atoms with Gasteiger partial charge in [-0.2, -0.15) is 0 Å². The maximum absolute atomic E-state index is 12.3. The third kappa shape index (κ3) is 3.35. The molecule has 1 aliphatic carbocycles. The fourth-order valence-electron chi connectivity index (χ4n) is 3.37. The highest BCUT2D eigenvalue weighted by Crippen LogP contribution is 2.41. The van der Waals surface area contributed by atoms with E-state index in [-0.39, 0.29) is 5.56 Å². The first-order chi connectivity index (χ1) is 12.1. The minimum absolute atomic E-state index is 0.0243. The first kappa shape index (κ1) is 16.0. The average Bonchev–Trinajstić information content (AvgIpc) is 3.43. The molecule has 1 fully saturated rings. The summed E-state index contributed by atoms with van der Waals surface area (Å²) in [7, 11) is 0. The van der Waals surface area contributed by atoms with Gasteiger partial charge in [0.15, 0.2) is 0 Å². The summed E-state index contributed by atoms with van der Waals surface area (Å²) in [5.74, 6) is 0.686. The number of pyridine rings is 1. The van der Waals surface area contributed by atoms with Crippen LogP contribution in [-0.4, -0.2) is 9.38 Å². The minimum Gasteiger partial charge on any atom is -0.304 e. The summed E-state index contributed by atoms with van der Waals surface area (Å²) in [4.78, 5) is 17.0. The molecule has 1 atom stereocenters. The van der Waals surface area contributed by atoms with Crippen LogP contribution in [0.5, 0.6) is 0 Å². The Morgan fingerprint density at radius 3 is 2.68 bits per heavy atom. The third-order valence-corrected chi connectivity index (χ3v) is 4.97. The van der Waals surface area contributed by atoms with Crippen molar-refractivity contribution in [2.24, 2.45) is 5.92 Å². The third-order valence-electron chi connectivity index (χ3n) is 4.97. The van der Waals surface area contributed by atoms with Gasteiger partial charge in [0.05, 0.1) is 5.69 Å². The van der Waals surface area contributed by atoms with Gasteiger partial charge in [-0.25, -0.2) is 4.98 Å². The van der Waals surface area contributed by atoms with Crippen molar-refractivity contribution in [1.29, 1.82) is 0 Å². The Bertz CT molecular complexity index is 955. The Morgan fingerprint density at radius 2 is 1.96 bits per heavy atom. The van der Waals surface area contributed by atoms with Crippen molar-refractivity contribution < 1.29 is 0 Å². The van der Waals surface area contributed by atoms with Gasteiger partial charge in [0, 0.05) is 24.8 Å². The lowest BCUT2D eigenvalue weighted by atomic mass is 10.0. The zero-order valence-corrected chi connectivity index (χ0v) is 14.7. The van der Waals surface area contributed by atoms with Crippen molar-refractivity contribution in [2.75, 3.05) is 0 Å². The lowest BCUT2D eigenvalue weighted by Crippen LogP contribution is -2.25. The predicted molar refractivity (Wildman–Crippen MR) is 99.7 cm³/mol. The number of nitrogens with zero attached hydrogens (tertiary/aromatic N) is 2. The van der Waals surface area contributed by atoms with Gasteiger partial charge in [-0.05, 0) is 49.8 Å². The first-order valence-corrected chi connectivity index (χ1v) is 8.90. The average molecular weight is 333 g/mol. The number of aryl methyl sites for hydroxylation is 2. The number of rotatable bonds is 5. The highest BCUT2D eigenvalue weighted by molar-refractivity contribution is 5.46. The molecule has 128 valence electrons. The molecule has 2 aromatic heterocycles. The van der Waals surface area contributed by atoms with Gasteiger partial charge < -0.3 is 5.32 Å². The number of benzene rings is 1. The molecule has 25 heavy (non-hydrogen) atoms. The standard InChI is InChI=1S/C21H23N3O/c1-14-5-7-16(8-6-14)20(17-9-10-17)22-13-18-12-19(25)24-11-3-4-15(2)21(24)23-18/h3-8,11-12,17,20,22H,9-10,13H2,1-2H3/t20-/m0/s1. The van der Waals surface area contributed by atoms with E-state index in [4.69, 9.17) is 4.98 Å². The fourth-order valence-corrected chi connectivity index (χ4v) is 3.37. The van der Waals surface area contributed by atoms with E-state index in [1.165, 1.54) is 24.0 Å². The van der Waals surface area contributed by atoms with Crippen LogP contribution in [0.4, 0.5) is 0 Å². The molecule has 0 unspecified atom stereocenters. The van der Waals surface area contributed by atoms with Crippen LogP contribution in [0.3, 0.4) is 0 Å². The summed E-state index contributed by atoms with van der Waals surface area (Å²) in [6.45, 7) is 4.70. The van der Waals surface area contributed by atoms with Gasteiger partial charge in [0.1, 0.15) is 5.65 Å². The van der Waals surface area contributed by atoms with Crippen molar-refractivity contribution in [3.8, 4) is 0 Å². The Balaban J connectivity index is 1.59. The lowest BCUT2D eigenvalue weighted by Gasteiger charge is -2.19. The second-order valence-electron chi connectivity index (χ2n) is 7.08. The van der Waals surface area contributed by atoms with Crippen LogP contribution in [0.15, 0.2) is 53.5 Å². The van der Waals surface area contributed by atoms with Crippen LogP contribution in [0.25, 0.3) is 5.65 Å². The maximum atomic E-state index is 12.3. The summed E-state index contributed by atoms with van der Waals surface area (Å²) < 4.78 is 1.61. The maximum Gasteiger partial charge on any atom is 0.258 e. The number of nitrogens with one attached hydrogen (secondary N) is 1. The summed E-state index contributed by atoms with van der Waals surface area (Å²) in [6.07, 6.45) is 4.30. The van der Waals surface area contributed by atoms with Crippen molar-refractivity contribution in [3.05, 3.63) is 81.4 Å². The minimum atomic E-state index is -0.0243. The second-order valence-corrected chi connectivity index (χ2v) is 7.08. The Hall–Kier alpha value is -2.46. The van der Waals surface area contributed by atoms with E-state index < -0.39 is 0 Å². The summed E-state index contributed by atoms with van der Waals surface area (Å²) >= 11 is 0. The number of hydrogen-bond acceptors (Lipinski definition) is 3. The number of hydrogen-bond donors (Lipinski definition) is 1. The normalized spacial score (nSPS) is 15.4. The molecule has 0 spiro atoms. The van der Waals surface area contributed by atoms with Crippen LogP contribution in [0.2, 0.25) is 0 Å². The van der Waals surface area contributed by atoms with Crippen LogP contribution >= 0.6 is 0 Å². The molecule has 1 aliphatic rings. The fraction of sp³-hybridized carbons (Fsp3) is 0.333. The Labute approximate surface area is 147 Å². The monoisotopic (exact) mass is 333 g/mol. The van der Waals surface area contributed by atoms with E-state index >= 15 is 0 Å². The second kappa shape index (κ2) is 6.45. The molecule has 0 aliphatic heterocycles. The van der Waals surface area contributed by atoms with E-state index in [9.17, 15) is 4.79 Å². The number of aromatic nitrogens is 2. The zero-order chi connectivity index (χ0) is 17.4. The molecular weight excluding hydrogens is 310 g/mol. The molecule has 0 bridgehead atoms. The highest BCUT2D eigenvalue weighted by atomic mass is 16.1. The topological polar surface area (TPSA) is 46.4 Å². The van der Waals surface area contributed by atoms with E-state index in [0.29, 0.717) is 18.5 Å². The predicted octanol–water partition coefficient (Wildman–Crippen LogP) is 3.55.